The summed E-state index contributed by atoms with van der Waals surface area (Å²) in [4.78, 5) is 16.0. The van der Waals surface area contributed by atoms with Gasteiger partial charge < -0.3 is 23.9 Å². The van der Waals surface area contributed by atoms with Gasteiger partial charge in [-0.15, -0.1) is 0 Å². The first-order chi connectivity index (χ1) is 13.5. The van der Waals surface area contributed by atoms with Crippen LogP contribution in [0.3, 0.4) is 0 Å². The number of Topliss-reactive ketones (excluding diaryl/α,β-unsaturated/α-hetero) is 1. The fraction of sp³-hybridized carbons (Fsp3) is 0.333. The van der Waals surface area contributed by atoms with Gasteiger partial charge in [-0.1, -0.05) is 12.1 Å². The number of benzene rings is 2. The fourth-order valence-electron chi connectivity index (χ4n) is 3.27. The van der Waals surface area contributed by atoms with Crippen LogP contribution in [0.1, 0.15) is 23.1 Å². The summed E-state index contributed by atoms with van der Waals surface area (Å²) in [5, 5.41) is 10.5. The van der Waals surface area contributed by atoms with Gasteiger partial charge in [-0.25, -0.2) is 4.98 Å². The summed E-state index contributed by atoms with van der Waals surface area (Å²) in [6.45, 7) is 4.87. The normalized spacial score (nSPS) is 14.1. The van der Waals surface area contributed by atoms with E-state index < -0.39 is 6.10 Å². The van der Waals surface area contributed by atoms with Gasteiger partial charge in [-0.2, -0.15) is 0 Å². The molecule has 7 nitrogen and oxygen atoms in total. The van der Waals surface area contributed by atoms with Gasteiger partial charge in [0.05, 0.1) is 17.6 Å². The van der Waals surface area contributed by atoms with Crippen molar-refractivity contribution in [2.45, 2.75) is 26.5 Å². The Morgan fingerprint density at radius 1 is 1.25 bits per heavy atom. The number of ketones is 1. The summed E-state index contributed by atoms with van der Waals surface area (Å²) in [5.74, 6) is 2.69. The highest BCUT2D eigenvalue weighted by Crippen LogP contribution is 2.34. The summed E-state index contributed by atoms with van der Waals surface area (Å²) in [7, 11) is 0. The molecule has 0 fully saturated rings. The predicted molar refractivity (Wildman–Crippen MR) is 103 cm³/mol. The molecule has 1 aliphatic heterocycles. The van der Waals surface area contributed by atoms with E-state index in [1.54, 1.807) is 24.3 Å². The number of carbonyl (C=O) groups is 1. The number of rotatable bonds is 6. The molecule has 0 radical (unpaired) electrons. The third-order valence-electron chi connectivity index (χ3n) is 4.68. The average molecular weight is 382 g/mol. The summed E-state index contributed by atoms with van der Waals surface area (Å²) in [5.41, 5.74) is 2.25. The lowest BCUT2D eigenvalue weighted by molar-refractivity contribution is 0.0927. The van der Waals surface area contributed by atoms with E-state index in [0.717, 1.165) is 16.9 Å². The molecule has 1 aromatic heterocycles. The van der Waals surface area contributed by atoms with E-state index in [-0.39, 0.29) is 12.4 Å². The molecule has 0 bridgehead atoms. The highest BCUT2D eigenvalue weighted by atomic mass is 16.6. The van der Waals surface area contributed by atoms with E-state index in [4.69, 9.17) is 14.2 Å². The van der Waals surface area contributed by atoms with Crippen molar-refractivity contribution >= 4 is 16.8 Å². The first-order valence-electron chi connectivity index (χ1n) is 9.19. The Morgan fingerprint density at radius 2 is 2.00 bits per heavy atom. The molecule has 0 saturated carbocycles. The van der Waals surface area contributed by atoms with Gasteiger partial charge in [0.15, 0.2) is 17.3 Å². The van der Waals surface area contributed by atoms with Crippen LogP contribution in [-0.4, -0.2) is 46.4 Å². The molecule has 1 aliphatic rings. The van der Waals surface area contributed by atoms with Crippen LogP contribution in [0.15, 0.2) is 36.4 Å². The minimum Gasteiger partial charge on any atom is -0.491 e. The van der Waals surface area contributed by atoms with Crippen molar-refractivity contribution in [2.75, 3.05) is 19.8 Å². The predicted octanol–water partition coefficient (Wildman–Crippen LogP) is 2.76. The molecule has 0 spiro atoms. The van der Waals surface area contributed by atoms with Gasteiger partial charge in [-0.05, 0) is 26.0 Å². The van der Waals surface area contributed by atoms with Crippen molar-refractivity contribution in [2.24, 2.45) is 0 Å². The Morgan fingerprint density at radius 3 is 2.75 bits per heavy atom. The Labute approximate surface area is 162 Å². The molecule has 0 amide bonds. The Balaban J connectivity index is 1.49. The molecule has 2 aromatic carbocycles. The lowest BCUT2D eigenvalue weighted by Gasteiger charge is -2.19. The molecule has 2 heterocycles. The van der Waals surface area contributed by atoms with E-state index in [9.17, 15) is 9.90 Å². The number of aliphatic hydroxyl groups excluding tert-OH is 1. The molecule has 7 heteroatoms. The molecular formula is C21H22N2O5. The van der Waals surface area contributed by atoms with Crippen molar-refractivity contribution < 1.29 is 24.1 Å². The third-order valence-corrected chi connectivity index (χ3v) is 4.68. The highest BCUT2D eigenvalue weighted by Gasteiger charge is 2.18. The zero-order valence-electron chi connectivity index (χ0n) is 15.8. The van der Waals surface area contributed by atoms with Gasteiger partial charge >= 0.3 is 0 Å². The van der Waals surface area contributed by atoms with Gasteiger partial charge in [0.1, 0.15) is 37.5 Å². The van der Waals surface area contributed by atoms with Crippen LogP contribution in [-0.2, 0) is 6.54 Å². The third kappa shape index (κ3) is 3.66. The number of imidazole rings is 1. The second-order valence-corrected chi connectivity index (χ2v) is 6.80. The van der Waals surface area contributed by atoms with Crippen LogP contribution in [0.4, 0.5) is 0 Å². The number of hydrogen-bond acceptors (Lipinski definition) is 6. The maximum Gasteiger partial charge on any atom is 0.163 e. The number of aryl methyl sites for hydroxylation is 1. The van der Waals surface area contributed by atoms with Crippen molar-refractivity contribution in [3.63, 3.8) is 0 Å². The Bertz CT molecular complexity index is 1030. The zero-order valence-corrected chi connectivity index (χ0v) is 15.8. The van der Waals surface area contributed by atoms with Crippen molar-refractivity contribution in [1.29, 1.82) is 0 Å². The van der Waals surface area contributed by atoms with Crippen LogP contribution in [0, 0.1) is 6.92 Å². The Hall–Kier alpha value is -3.06. The molecular weight excluding hydrogens is 360 g/mol. The topological polar surface area (TPSA) is 82.8 Å². The largest absolute Gasteiger partial charge is 0.491 e. The molecule has 28 heavy (non-hydrogen) atoms. The minimum atomic E-state index is -0.745. The van der Waals surface area contributed by atoms with Crippen LogP contribution in [0.25, 0.3) is 11.0 Å². The van der Waals surface area contributed by atoms with Crippen LogP contribution in [0.2, 0.25) is 0 Å². The molecule has 0 unspecified atom stereocenters. The summed E-state index contributed by atoms with van der Waals surface area (Å²) in [6.07, 6.45) is -0.745. The van der Waals surface area contributed by atoms with Crippen molar-refractivity contribution in [3.05, 3.63) is 47.8 Å². The number of carbonyl (C=O) groups excluding carboxylic acids is 1. The van der Waals surface area contributed by atoms with Crippen LogP contribution in [0.5, 0.6) is 17.2 Å². The van der Waals surface area contributed by atoms with Gasteiger partial charge in [0, 0.05) is 17.7 Å². The molecule has 0 aliphatic carbocycles. The van der Waals surface area contributed by atoms with E-state index in [1.165, 1.54) is 6.92 Å². The molecule has 1 atom stereocenters. The van der Waals surface area contributed by atoms with Crippen LogP contribution >= 0.6 is 0 Å². The second-order valence-electron chi connectivity index (χ2n) is 6.80. The fourth-order valence-corrected chi connectivity index (χ4v) is 3.27. The molecule has 1 N–H and O–H groups in total. The number of aliphatic hydroxyl groups is 1. The maximum atomic E-state index is 11.5. The first-order valence-corrected chi connectivity index (χ1v) is 9.19. The van der Waals surface area contributed by atoms with E-state index >= 15 is 0 Å². The van der Waals surface area contributed by atoms with Gasteiger partial charge in [0.25, 0.3) is 0 Å². The second kappa shape index (κ2) is 7.52. The maximum absolute atomic E-state index is 11.5. The smallest absolute Gasteiger partial charge is 0.163 e. The molecule has 0 saturated heterocycles. The van der Waals surface area contributed by atoms with Crippen molar-refractivity contribution in [3.8, 4) is 17.2 Å². The summed E-state index contributed by atoms with van der Waals surface area (Å²) in [6, 6.07) is 10.7. The number of nitrogens with zero attached hydrogens (tertiary/aromatic N) is 2. The number of aromatic nitrogens is 2. The monoisotopic (exact) mass is 382 g/mol. The lowest BCUT2D eigenvalue weighted by Crippen LogP contribution is -2.24. The number of ether oxygens (including phenoxy) is 3. The molecule has 146 valence electrons. The summed E-state index contributed by atoms with van der Waals surface area (Å²) < 4.78 is 18.9. The van der Waals surface area contributed by atoms with E-state index in [2.05, 4.69) is 4.98 Å². The zero-order chi connectivity index (χ0) is 19.7. The van der Waals surface area contributed by atoms with E-state index in [1.807, 2.05) is 23.6 Å². The molecule has 4 rings (SSSR count). The first kappa shape index (κ1) is 18.3. The average Bonchev–Trinajstić information content (AvgIpc) is 2.99. The Kier molecular flexibility index (Phi) is 4.92. The minimum absolute atomic E-state index is 0.0268. The SMILES string of the molecule is CC(=O)c1cccc(OC[C@H](O)Cn2c(C)nc3cc4c(cc32)OCCO4)c1. The summed E-state index contributed by atoms with van der Waals surface area (Å²) >= 11 is 0. The molecule has 3 aromatic rings. The van der Waals surface area contributed by atoms with Gasteiger partial charge in [0.2, 0.25) is 0 Å². The van der Waals surface area contributed by atoms with Crippen LogP contribution < -0.4 is 14.2 Å². The lowest BCUT2D eigenvalue weighted by atomic mass is 10.1. The number of hydrogen-bond donors (Lipinski definition) is 1. The van der Waals surface area contributed by atoms with Gasteiger partial charge in [-0.3, -0.25) is 4.79 Å². The number of fused-ring (bicyclic) bond motifs is 2. The van der Waals surface area contributed by atoms with Crippen molar-refractivity contribution in [1.82, 2.24) is 9.55 Å². The highest BCUT2D eigenvalue weighted by molar-refractivity contribution is 5.94. The standard InChI is InChI=1S/C21H22N2O5/c1-13(24)15-4-3-5-17(8-15)28-12-16(25)11-23-14(2)22-18-9-20-21(10-19(18)23)27-7-6-26-20/h3-5,8-10,16,25H,6-7,11-12H2,1-2H3/t16-/m1/s1. The van der Waals surface area contributed by atoms with E-state index in [0.29, 0.717) is 42.6 Å². The quantitative estimate of drug-likeness (QED) is 0.660.